The fraction of sp³-hybridized carbons (Fsp3) is 0.385. The van der Waals surface area contributed by atoms with Gasteiger partial charge in [0.25, 0.3) is 0 Å². The quantitative estimate of drug-likeness (QED) is 0.453. The van der Waals surface area contributed by atoms with Crippen LogP contribution >= 0.6 is 0 Å². The van der Waals surface area contributed by atoms with Gasteiger partial charge in [0.1, 0.15) is 5.82 Å². The molecule has 2 aliphatic heterocycles. The fourth-order valence-electron chi connectivity index (χ4n) is 5.33. The zero-order valence-electron chi connectivity index (χ0n) is 20.9. The summed E-state index contributed by atoms with van der Waals surface area (Å²) in [5.74, 6) is -0.0362. The number of ether oxygens (including phenoxy) is 1. The highest BCUT2D eigenvalue weighted by Crippen LogP contribution is 2.38. The van der Waals surface area contributed by atoms with Crippen LogP contribution < -0.4 is 10.1 Å². The second-order valence-electron chi connectivity index (χ2n) is 9.79. The molecule has 37 heavy (non-hydrogen) atoms. The smallest absolute Gasteiger partial charge is 0.316 e. The lowest BCUT2D eigenvalue weighted by atomic mass is 9.86. The maximum absolute atomic E-state index is 14.4. The Balaban J connectivity index is 1.21. The van der Waals surface area contributed by atoms with Crippen LogP contribution in [0.5, 0.6) is 6.01 Å². The molecule has 1 N–H and O–H groups in total. The van der Waals surface area contributed by atoms with E-state index in [4.69, 9.17) is 9.72 Å². The highest BCUT2D eigenvalue weighted by atomic mass is 19.1. The molecule has 0 unspecified atom stereocenters. The van der Waals surface area contributed by atoms with E-state index < -0.39 is 11.7 Å². The third-order valence-electron chi connectivity index (χ3n) is 7.41. The molecular formula is C26H27FN8O2. The zero-order chi connectivity index (χ0) is 25.7. The van der Waals surface area contributed by atoms with Crippen molar-refractivity contribution in [1.29, 1.82) is 0 Å². The van der Waals surface area contributed by atoms with Crippen molar-refractivity contribution in [1.82, 2.24) is 34.4 Å². The molecule has 1 spiro atoms. The van der Waals surface area contributed by atoms with Gasteiger partial charge in [-0.1, -0.05) is 6.07 Å². The van der Waals surface area contributed by atoms with E-state index in [1.807, 2.05) is 31.3 Å². The van der Waals surface area contributed by atoms with Crippen molar-refractivity contribution in [2.24, 2.45) is 0 Å². The molecule has 2 aliphatic rings. The van der Waals surface area contributed by atoms with Gasteiger partial charge in [0.05, 0.1) is 36.2 Å². The van der Waals surface area contributed by atoms with Crippen LogP contribution in [0.4, 0.5) is 10.2 Å². The number of fused-ring (bicyclic) bond motifs is 2. The molecule has 0 radical (unpaired) electrons. The number of rotatable bonds is 4. The van der Waals surface area contributed by atoms with Crippen LogP contribution in [-0.4, -0.2) is 66.1 Å². The molecule has 4 aromatic rings. The average molecular weight is 503 g/mol. The molecule has 6 heterocycles. The van der Waals surface area contributed by atoms with Crippen molar-refractivity contribution < 1.29 is 13.9 Å². The van der Waals surface area contributed by atoms with Crippen LogP contribution in [0.25, 0.3) is 17.0 Å². The molecule has 6 rings (SSSR count). The number of methoxy groups -OCH3 is 1. The van der Waals surface area contributed by atoms with Crippen LogP contribution in [0, 0.1) is 12.7 Å². The average Bonchev–Trinajstić information content (AvgIpc) is 3.52. The van der Waals surface area contributed by atoms with Gasteiger partial charge in [-0.15, -0.1) is 5.10 Å². The Morgan fingerprint density at radius 3 is 2.92 bits per heavy atom. The Hall–Kier alpha value is -4.15. The minimum absolute atomic E-state index is 0.0409. The first-order chi connectivity index (χ1) is 17.9. The molecule has 4 aromatic heterocycles. The lowest BCUT2D eigenvalue weighted by Crippen LogP contribution is -2.46. The largest absolute Gasteiger partial charge is 0.467 e. The number of nitrogens with one attached hydrogen (secondary N) is 1. The predicted molar refractivity (Wildman–Crippen MR) is 134 cm³/mol. The van der Waals surface area contributed by atoms with Crippen molar-refractivity contribution in [3.8, 4) is 17.4 Å². The maximum atomic E-state index is 14.4. The summed E-state index contributed by atoms with van der Waals surface area (Å²) in [5.41, 5.74) is 3.43. The Morgan fingerprint density at radius 1 is 1.24 bits per heavy atom. The number of pyridine rings is 2. The van der Waals surface area contributed by atoms with Crippen molar-refractivity contribution in [2.75, 3.05) is 25.5 Å². The topological polar surface area (TPSA) is 110 Å². The summed E-state index contributed by atoms with van der Waals surface area (Å²) in [5, 5.41) is 8.25. The van der Waals surface area contributed by atoms with Gasteiger partial charge in [-0.05, 0) is 56.9 Å². The summed E-state index contributed by atoms with van der Waals surface area (Å²) in [6.45, 7) is 4.73. The highest BCUT2D eigenvalue weighted by molar-refractivity contribution is 5.83. The SMILES string of the molecule is COc1ncc(F)c([C@H](C)C(=O)N2CC[C@@]3(CCc4cc(-c5nc6ccccn6n5)c(C)nc4N3)C2)n1. The maximum Gasteiger partial charge on any atom is 0.316 e. The van der Waals surface area contributed by atoms with Gasteiger partial charge in [0, 0.05) is 24.8 Å². The molecule has 1 amide bonds. The first kappa shape index (κ1) is 23.3. The number of aryl methyl sites for hydroxylation is 2. The standard InChI is InChI=1S/C26H27FN8O2/c1-15(21-19(27)13-28-25(31-21)37-3)24(36)34-11-9-26(14-34)8-7-17-12-18(16(2)29-22(17)32-26)23-30-20-6-4-5-10-35(20)33-23/h4-6,10,12-13,15H,7-9,11,14H2,1-3H3,(H,29,32)/t15-,26-/m0/s1. The van der Waals surface area contributed by atoms with Crippen LogP contribution in [-0.2, 0) is 11.2 Å². The number of likely N-dealkylation sites (tertiary alicyclic amines) is 1. The minimum Gasteiger partial charge on any atom is -0.467 e. The molecule has 1 fully saturated rings. The second kappa shape index (κ2) is 8.75. The number of hydrogen-bond donors (Lipinski definition) is 1. The van der Waals surface area contributed by atoms with Gasteiger partial charge < -0.3 is 15.0 Å². The van der Waals surface area contributed by atoms with Crippen molar-refractivity contribution >= 4 is 17.4 Å². The lowest BCUT2D eigenvalue weighted by Gasteiger charge is -2.36. The monoisotopic (exact) mass is 502 g/mol. The van der Waals surface area contributed by atoms with Gasteiger partial charge in [-0.25, -0.2) is 23.9 Å². The first-order valence-electron chi connectivity index (χ1n) is 12.3. The third kappa shape index (κ3) is 4.04. The predicted octanol–water partition coefficient (Wildman–Crippen LogP) is 3.17. The van der Waals surface area contributed by atoms with Gasteiger partial charge in [-0.3, -0.25) is 4.79 Å². The molecule has 0 aliphatic carbocycles. The number of carbonyl (C=O) groups excluding carboxylic acids is 1. The van der Waals surface area contributed by atoms with Gasteiger partial charge in [0.15, 0.2) is 17.3 Å². The minimum atomic E-state index is -0.746. The molecule has 0 saturated carbocycles. The number of amides is 1. The van der Waals surface area contributed by atoms with E-state index in [9.17, 15) is 9.18 Å². The zero-order valence-corrected chi connectivity index (χ0v) is 20.9. The van der Waals surface area contributed by atoms with E-state index >= 15 is 0 Å². The van der Waals surface area contributed by atoms with Crippen LogP contribution in [0.15, 0.2) is 36.7 Å². The molecule has 0 bridgehead atoms. The summed E-state index contributed by atoms with van der Waals surface area (Å²) in [6, 6.07) is 7.94. The number of nitrogens with zero attached hydrogens (tertiary/aromatic N) is 7. The van der Waals surface area contributed by atoms with E-state index in [1.165, 1.54) is 7.11 Å². The van der Waals surface area contributed by atoms with E-state index in [2.05, 4.69) is 31.4 Å². The molecular weight excluding hydrogens is 475 g/mol. The molecule has 190 valence electrons. The van der Waals surface area contributed by atoms with Gasteiger partial charge in [-0.2, -0.15) is 4.98 Å². The molecule has 1 saturated heterocycles. The first-order valence-corrected chi connectivity index (χ1v) is 12.3. The summed E-state index contributed by atoms with van der Waals surface area (Å²) >= 11 is 0. The number of hydrogen-bond acceptors (Lipinski definition) is 8. The van der Waals surface area contributed by atoms with Crippen LogP contribution in [0.3, 0.4) is 0 Å². The molecule has 2 atom stereocenters. The van der Waals surface area contributed by atoms with E-state index in [1.54, 1.807) is 16.3 Å². The molecule has 0 aromatic carbocycles. The number of halogens is 1. The molecule has 10 nitrogen and oxygen atoms in total. The Bertz CT molecular complexity index is 1490. The number of carbonyl (C=O) groups is 1. The summed E-state index contributed by atoms with van der Waals surface area (Å²) in [6.07, 6.45) is 5.39. The Morgan fingerprint density at radius 2 is 2.11 bits per heavy atom. The summed E-state index contributed by atoms with van der Waals surface area (Å²) < 4.78 is 21.2. The van der Waals surface area contributed by atoms with Crippen LogP contribution in [0.2, 0.25) is 0 Å². The highest BCUT2D eigenvalue weighted by Gasteiger charge is 2.43. The van der Waals surface area contributed by atoms with Gasteiger partial charge in [0.2, 0.25) is 5.91 Å². The van der Waals surface area contributed by atoms with Crippen molar-refractivity contribution in [3.63, 3.8) is 0 Å². The summed E-state index contributed by atoms with van der Waals surface area (Å²) in [4.78, 5) is 32.5. The van der Waals surface area contributed by atoms with Crippen LogP contribution in [0.1, 0.15) is 42.6 Å². The second-order valence-corrected chi connectivity index (χ2v) is 9.79. The number of anilines is 1. The molecule has 11 heteroatoms. The number of aromatic nitrogens is 6. The van der Waals surface area contributed by atoms with E-state index in [0.717, 1.165) is 53.7 Å². The Kier molecular flexibility index (Phi) is 5.50. The van der Waals surface area contributed by atoms with Gasteiger partial charge >= 0.3 is 6.01 Å². The fourth-order valence-corrected chi connectivity index (χ4v) is 5.33. The summed E-state index contributed by atoms with van der Waals surface area (Å²) in [7, 11) is 1.41. The normalized spacial score (nSPS) is 19.6. The Labute approximate surface area is 212 Å². The third-order valence-corrected chi connectivity index (χ3v) is 7.41. The lowest BCUT2D eigenvalue weighted by molar-refractivity contribution is -0.131. The van der Waals surface area contributed by atoms with E-state index in [-0.39, 0.29) is 23.2 Å². The van der Waals surface area contributed by atoms with Crippen molar-refractivity contribution in [2.45, 2.75) is 44.6 Å². The van der Waals surface area contributed by atoms with Crippen molar-refractivity contribution in [3.05, 3.63) is 59.4 Å². The van der Waals surface area contributed by atoms with E-state index in [0.29, 0.717) is 18.9 Å².